The fraction of sp³-hybridized carbons (Fsp3) is 0.636. The largest absolute Gasteiger partial charge is 0.342 e. The average molecular weight is 285 g/mol. The Kier molecular flexibility index (Phi) is 4.12. The zero-order valence-electron chi connectivity index (χ0n) is 9.49. The van der Waals surface area contributed by atoms with E-state index >= 15 is 0 Å². The number of piperidine rings is 1. The zero-order valence-corrected chi connectivity index (χ0v) is 11.1. The van der Waals surface area contributed by atoms with Gasteiger partial charge in [-0.1, -0.05) is 6.42 Å². The third kappa shape index (κ3) is 3.15. The first kappa shape index (κ1) is 11.8. The van der Waals surface area contributed by atoms with Gasteiger partial charge in [0.2, 0.25) is 5.95 Å². The summed E-state index contributed by atoms with van der Waals surface area (Å²) in [4.78, 5) is 10.7. The maximum Gasteiger partial charge on any atom is 0.225 e. The van der Waals surface area contributed by atoms with Gasteiger partial charge in [0, 0.05) is 32.0 Å². The number of nitrogens with one attached hydrogen (secondary N) is 1. The summed E-state index contributed by atoms with van der Waals surface area (Å²) in [6, 6.07) is 0.575. The van der Waals surface area contributed by atoms with Gasteiger partial charge in [0.05, 0.1) is 4.47 Å². The first-order valence-electron chi connectivity index (χ1n) is 5.68. The number of anilines is 1. The van der Waals surface area contributed by atoms with Crippen LogP contribution < -0.4 is 10.2 Å². The number of rotatable bonds is 3. The standard InChI is InChI=1S/C11H17BrN4/c1-16(8-10-4-2-3-5-13-10)11-14-6-9(12)7-15-11/h6-7,10,13H,2-5,8H2,1H3. The Labute approximate surface area is 105 Å². The Hall–Kier alpha value is -0.680. The highest BCUT2D eigenvalue weighted by Crippen LogP contribution is 2.12. The molecule has 1 N–H and O–H groups in total. The summed E-state index contributed by atoms with van der Waals surface area (Å²) < 4.78 is 0.917. The summed E-state index contributed by atoms with van der Waals surface area (Å²) in [7, 11) is 2.04. The summed E-state index contributed by atoms with van der Waals surface area (Å²) in [5, 5.41) is 3.52. The second-order valence-electron chi connectivity index (χ2n) is 4.23. The van der Waals surface area contributed by atoms with E-state index in [0.717, 1.165) is 23.5 Å². The van der Waals surface area contributed by atoms with Crippen molar-refractivity contribution in [2.45, 2.75) is 25.3 Å². The molecule has 16 heavy (non-hydrogen) atoms. The van der Waals surface area contributed by atoms with Gasteiger partial charge in [-0.3, -0.25) is 0 Å². The fourth-order valence-electron chi connectivity index (χ4n) is 1.99. The van der Waals surface area contributed by atoms with E-state index in [1.807, 2.05) is 7.05 Å². The SMILES string of the molecule is CN(CC1CCCCN1)c1ncc(Br)cn1. The van der Waals surface area contributed by atoms with Crippen molar-refractivity contribution in [1.29, 1.82) is 0 Å². The Morgan fingerprint density at radius 3 is 2.81 bits per heavy atom. The predicted octanol–water partition coefficient (Wildman–Crippen LogP) is 1.82. The molecule has 0 bridgehead atoms. The molecule has 0 aliphatic carbocycles. The van der Waals surface area contributed by atoms with Crippen LogP contribution in [0.2, 0.25) is 0 Å². The highest BCUT2D eigenvalue weighted by atomic mass is 79.9. The van der Waals surface area contributed by atoms with Gasteiger partial charge in [-0.15, -0.1) is 0 Å². The first-order valence-corrected chi connectivity index (χ1v) is 6.47. The summed E-state index contributed by atoms with van der Waals surface area (Å²) in [6.45, 7) is 2.11. The molecule has 0 spiro atoms. The number of likely N-dealkylation sites (N-methyl/N-ethyl adjacent to an activating group) is 1. The lowest BCUT2D eigenvalue weighted by Gasteiger charge is -2.28. The number of halogens is 1. The van der Waals surface area contributed by atoms with Gasteiger partial charge in [0.1, 0.15) is 0 Å². The van der Waals surface area contributed by atoms with Gasteiger partial charge >= 0.3 is 0 Å². The van der Waals surface area contributed by atoms with E-state index in [9.17, 15) is 0 Å². The van der Waals surface area contributed by atoms with Crippen molar-refractivity contribution in [3.8, 4) is 0 Å². The number of hydrogen-bond acceptors (Lipinski definition) is 4. The van der Waals surface area contributed by atoms with Crippen molar-refractivity contribution in [3.63, 3.8) is 0 Å². The van der Waals surface area contributed by atoms with Crippen LogP contribution in [-0.4, -0.2) is 36.1 Å². The second kappa shape index (κ2) is 5.59. The molecule has 1 atom stereocenters. The minimum absolute atomic E-state index is 0.575. The Bertz CT molecular complexity index is 321. The Balaban J connectivity index is 1.91. The lowest BCUT2D eigenvalue weighted by Crippen LogP contribution is -2.42. The highest BCUT2D eigenvalue weighted by molar-refractivity contribution is 9.10. The van der Waals surface area contributed by atoms with Crippen LogP contribution >= 0.6 is 15.9 Å². The number of aromatic nitrogens is 2. The number of nitrogens with zero attached hydrogens (tertiary/aromatic N) is 3. The van der Waals surface area contributed by atoms with Crippen LogP contribution in [-0.2, 0) is 0 Å². The minimum Gasteiger partial charge on any atom is -0.342 e. The maximum absolute atomic E-state index is 4.28. The molecule has 1 aliphatic rings. The summed E-state index contributed by atoms with van der Waals surface area (Å²) in [5.41, 5.74) is 0. The normalized spacial score (nSPS) is 20.8. The van der Waals surface area contributed by atoms with E-state index in [1.54, 1.807) is 12.4 Å². The summed E-state index contributed by atoms with van der Waals surface area (Å²) in [6.07, 6.45) is 7.45. The van der Waals surface area contributed by atoms with Gasteiger partial charge in [0.25, 0.3) is 0 Å². The van der Waals surface area contributed by atoms with Gasteiger partial charge in [0.15, 0.2) is 0 Å². The number of hydrogen-bond donors (Lipinski definition) is 1. The van der Waals surface area contributed by atoms with E-state index in [4.69, 9.17) is 0 Å². The minimum atomic E-state index is 0.575. The van der Waals surface area contributed by atoms with Crippen molar-refractivity contribution in [2.24, 2.45) is 0 Å². The molecule has 0 saturated carbocycles. The van der Waals surface area contributed by atoms with Crippen molar-refractivity contribution >= 4 is 21.9 Å². The average Bonchev–Trinajstić information content (AvgIpc) is 2.31. The maximum atomic E-state index is 4.28. The first-order chi connectivity index (χ1) is 7.75. The van der Waals surface area contributed by atoms with Gasteiger partial charge in [-0.05, 0) is 35.3 Å². The lowest BCUT2D eigenvalue weighted by atomic mass is 10.0. The van der Waals surface area contributed by atoms with Crippen LogP contribution in [0.25, 0.3) is 0 Å². The molecule has 2 rings (SSSR count). The van der Waals surface area contributed by atoms with Gasteiger partial charge in [-0.2, -0.15) is 0 Å². The van der Waals surface area contributed by atoms with Crippen LogP contribution in [0.3, 0.4) is 0 Å². The molecule has 88 valence electrons. The fourth-order valence-corrected chi connectivity index (χ4v) is 2.20. The molecule has 1 aromatic rings. The van der Waals surface area contributed by atoms with Gasteiger partial charge in [-0.25, -0.2) is 9.97 Å². The van der Waals surface area contributed by atoms with Crippen LogP contribution in [0.1, 0.15) is 19.3 Å². The predicted molar refractivity (Wildman–Crippen MR) is 68.6 cm³/mol. The van der Waals surface area contributed by atoms with Crippen molar-refractivity contribution < 1.29 is 0 Å². The van der Waals surface area contributed by atoms with Crippen LogP contribution in [0.5, 0.6) is 0 Å². The van der Waals surface area contributed by atoms with Crippen LogP contribution in [0.4, 0.5) is 5.95 Å². The monoisotopic (exact) mass is 284 g/mol. The van der Waals surface area contributed by atoms with E-state index in [-0.39, 0.29) is 0 Å². The second-order valence-corrected chi connectivity index (χ2v) is 5.14. The molecule has 0 amide bonds. The smallest absolute Gasteiger partial charge is 0.225 e. The molecule has 1 fully saturated rings. The van der Waals surface area contributed by atoms with E-state index in [1.165, 1.54) is 19.3 Å². The third-order valence-corrected chi connectivity index (χ3v) is 3.26. The molecule has 1 saturated heterocycles. The molecular formula is C11H17BrN4. The molecule has 2 heterocycles. The third-order valence-electron chi connectivity index (χ3n) is 2.85. The molecule has 1 aliphatic heterocycles. The van der Waals surface area contributed by atoms with Gasteiger partial charge < -0.3 is 10.2 Å². The zero-order chi connectivity index (χ0) is 11.4. The highest BCUT2D eigenvalue weighted by Gasteiger charge is 2.15. The molecule has 0 radical (unpaired) electrons. The topological polar surface area (TPSA) is 41.0 Å². The summed E-state index contributed by atoms with van der Waals surface area (Å²) in [5.74, 6) is 0.788. The quantitative estimate of drug-likeness (QED) is 0.919. The van der Waals surface area contributed by atoms with Crippen LogP contribution in [0, 0.1) is 0 Å². The van der Waals surface area contributed by atoms with Crippen molar-refractivity contribution in [3.05, 3.63) is 16.9 Å². The molecular weight excluding hydrogens is 268 g/mol. The molecule has 1 aromatic heterocycles. The Morgan fingerprint density at radius 2 is 2.19 bits per heavy atom. The van der Waals surface area contributed by atoms with E-state index in [0.29, 0.717) is 6.04 Å². The van der Waals surface area contributed by atoms with E-state index < -0.39 is 0 Å². The summed E-state index contributed by atoms with van der Waals surface area (Å²) >= 11 is 3.34. The van der Waals surface area contributed by atoms with Crippen LogP contribution in [0.15, 0.2) is 16.9 Å². The molecule has 5 heteroatoms. The lowest BCUT2D eigenvalue weighted by molar-refractivity contribution is 0.402. The Morgan fingerprint density at radius 1 is 1.44 bits per heavy atom. The van der Waals surface area contributed by atoms with Crippen molar-refractivity contribution in [2.75, 3.05) is 25.0 Å². The molecule has 0 aromatic carbocycles. The van der Waals surface area contributed by atoms with E-state index in [2.05, 4.69) is 36.1 Å². The molecule has 4 nitrogen and oxygen atoms in total. The van der Waals surface area contributed by atoms with Crippen molar-refractivity contribution in [1.82, 2.24) is 15.3 Å². The molecule has 1 unspecified atom stereocenters.